The molecule has 0 bridgehead atoms. The molecule has 0 aromatic heterocycles. The van der Waals surface area contributed by atoms with E-state index in [0.717, 1.165) is 12.8 Å². The van der Waals surface area contributed by atoms with Crippen LogP contribution in [-0.4, -0.2) is 17.3 Å². The van der Waals surface area contributed by atoms with Gasteiger partial charge in [0, 0.05) is 11.4 Å². The van der Waals surface area contributed by atoms with Crippen molar-refractivity contribution in [2.75, 3.05) is 5.88 Å². The Labute approximate surface area is 91.4 Å². The second-order valence-electron chi connectivity index (χ2n) is 5.24. The second-order valence-corrected chi connectivity index (χ2v) is 5.51. The largest absolute Gasteiger partial charge is 0.350 e. The SMILES string of the molecule is CC1(NC(=O)C(C)(C)CCl)CCCC1. The molecule has 82 valence electrons. The van der Waals surface area contributed by atoms with E-state index in [-0.39, 0.29) is 11.4 Å². The first kappa shape index (κ1) is 11.8. The van der Waals surface area contributed by atoms with Crippen molar-refractivity contribution in [1.82, 2.24) is 5.32 Å². The molecule has 1 rings (SSSR count). The predicted octanol–water partition coefficient (Wildman–Crippen LogP) is 2.70. The van der Waals surface area contributed by atoms with Crippen LogP contribution >= 0.6 is 11.6 Å². The molecule has 1 saturated carbocycles. The van der Waals surface area contributed by atoms with E-state index in [0.29, 0.717) is 5.88 Å². The molecule has 0 aliphatic heterocycles. The summed E-state index contributed by atoms with van der Waals surface area (Å²) in [7, 11) is 0. The smallest absolute Gasteiger partial charge is 0.227 e. The number of nitrogens with one attached hydrogen (secondary N) is 1. The van der Waals surface area contributed by atoms with Crippen LogP contribution in [0.2, 0.25) is 0 Å². The van der Waals surface area contributed by atoms with Crippen molar-refractivity contribution in [3.8, 4) is 0 Å². The highest BCUT2D eigenvalue weighted by atomic mass is 35.5. The van der Waals surface area contributed by atoms with Gasteiger partial charge in [0.05, 0.1) is 5.41 Å². The number of hydrogen-bond acceptors (Lipinski definition) is 1. The van der Waals surface area contributed by atoms with Gasteiger partial charge < -0.3 is 5.32 Å². The minimum absolute atomic E-state index is 0.0143. The predicted molar refractivity (Wildman–Crippen MR) is 59.5 cm³/mol. The lowest BCUT2D eigenvalue weighted by atomic mass is 9.92. The van der Waals surface area contributed by atoms with Crippen molar-refractivity contribution < 1.29 is 4.79 Å². The Morgan fingerprint density at radius 3 is 2.36 bits per heavy atom. The number of carbonyl (C=O) groups is 1. The third-order valence-corrected chi connectivity index (χ3v) is 3.74. The van der Waals surface area contributed by atoms with Gasteiger partial charge in [0.1, 0.15) is 0 Å². The summed E-state index contributed by atoms with van der Waals surface area (Å²) in [6.07, 6.45) is 4.63. The molecule has 0 saturated heterocycles. The van der Waals surface area contributed by atoms with Crippen molar-refractivity contribution >= 4 is 17.5 Å². The third kappa shape index (κ3) is 2.63. The number of alkyl halides is 1. The van der Waals surface area contributed by atoms with Gasteiger partial charge in [-0.05, 0) is 33.6 Å². The fourth-order valence-electron chi connectivity index (χ4n) is 1.78. The van der Waals surface area contributed by atoms with Crippen LogP contribution in [0, 0.1) is 5.41 Å². The Morgan fingerprint density at radius 1 is 1.43 bits per heavy atom. The second kappa shape index (κ2) is 4.09. The molecule has 1 amide bonds. The molecule has 2 nitrogen and oxygen atoms in total. The maximum absolute atomic E-state index is 11.9. The van der Waals surface area contributed by atoms with Crippen LogP contribution in [0.3, 0.4) is 0 Å². The van der Waals surface area contributed by atoms with Gasteiger partial charge in [-0.3, -0.25) is 4.79 Å². The Kier molecular flexibility index (Phi) is 3.46. The fourth-order valence-corrected chi connectivity index (χ4v) is 1.91. The lowest BCUT2D eigenvalue weighted by Gasteiger charge is -2.30. The maximum atomic E-state index is 11.9. The van der Waals surface area contributed by atoms with Gasteiger partial charge >= 0.3 is 0 Å². The topological polar surface area (TPSA) is 29.1 Å². The number of carbonyl (C=O) groups excluding carboxylic acids is 1. The average molecular weight is 218 g/mol. The molecule has 0 aromatic carbocycles. The van der Waals surface area contributed by atoms with E-state index in [1.54, 1.807) is 0 Å². The molecule has 0 atom stereocenters. The monoisotopic (exact) mass is 217 g/mol. The highest BCUT2D eigenvalue weighted by molar-refractivity contribution is 6.19. The Morgan fingerprint density at radius 2 is 1.93 bits per heavy atom. The van der Waals surface area contributed by atoms with Gasteiger partial charge in [0.25, 0.3) is 0 Å². The molecule has 1 aliphatic carbocycles. The molecule has 0 unspecified atom stereocenters. The summed E-state index contributed by atoms with van der Waals surface area (Å²) in [6.45, 7) is 5.89. The summed E-state index contributed by atoms with van der Waals surface area (Å²) < 4.78 is 0. The maximum Gasteiger partial charge on any atom is 0.227 e. The summed E-state index contributed by atoms with van der Waals surface area (Å²) in [6, 6.07) is 0. The quantitative estimate of drug-likeness (QED) is 0.724. The molecule has 0 spiro atoms. The first-order valence-corrected chi connectivity index (χ1v) is 5.82. The van der Waals surface area contributed by atoms with Crippen LogP contribution in [0.4, 0.5) is 0 Å². The molecule has 0 radical (unpaired) electrons. The van der Waals surface area contributed by atoms with Crippen LogP contribution in [0.25, 0.3) is 0 Å². The summed E-state index contributed by atoms with van der Waals surface area (Å²) in [4.78, 5) is 11.9. The number of hydrogen-bond donors (Lipinski definition) is 1. The van der Waals surface area contributed by atoms with Crippen LogP contribution in [0.15, 0.2) is 0 Å². The molecular formula is C11H20ClNO. The van der Waals surface area contributed by atoms with Crippen molar-refractivity contribution in [1.29, 1.82) is 0 Å². The zero-order chi connectivity index (χ0) is 10.8. The fraction of sp³-hybridized carbons (Fsp3) is 0.909. The van der Waals surface area contributed by atoms with Crippen molar-refractivity contribution in [2.45, 2.75) is 52.0 Å². The van der Waals surface area contributed by atoms with E-state index in [1.165, 1.54) is 12.8 Å². The highest BCUT2D eigenvalue weighted by Crippen LogP contribution is 2.30. The van der Waals surface area contributed by atoms with Crippen molar-refractivity contribution in [3.63, 3.8) is 0 Å². The van der Waals surface area contributed by atoms with Gasteiger partial charge in [-0.15, -0.1) is 11.6 Å². The summed E-state index contributed by atoms with van der Waals surface area (Å²) in [5.74, 6) is 0.450. The summed E-state index contributed by atoms with van der Waals surface area (Å²) in [5, 5.41) is 3.12. The molecule has 0 heterocycles. The zero-order valence-corrected chi connectivity index (χ0v) is 10.1. The molecule has 3 heteroatoms. The van der Waals surface area contributed by atoms with E-state index in [1.807, 2.05) is 13.8 Å². The molecule has 14 heavy (non-hydrogen) atoms. The van der Waals surface area contributed by atoms with E-state index in [4.69, 9.17) is 11.6 Å². The Bertz CT molecular complexity index is 219. The van der Waals surface area contributed by atoms with Crippen LogP contribution in [0.5, 0.6) is 0 Å². The standard InChI is InChI=1S/C11H20ClNO/c1-10(2,8-12)9(14)13-11(3)6-4-5-7-11/h4-8H2,1-3H3,(H,13,14). The molecule has 1 N–H and O–H groups in total. The van der Waals surface area contributed by atoms with Gasteiger partial charge in [-0.2, -0.15) is 0 Å². The Hall–Kier alpha value is -0.240. The minimum atomic E-state index is -0.451. The third-order valence-electron chi connectivity index (χ3n) is 3.07. The number of amides is 1. The highest BCUT2D eigenvalue weighted by Gasteiger charge is 2.35. The van der Waals surface area contributed by atoms with Crippen LogP contribution < -0.4 is 5.32 Å². The molecule has 1 aliphatic rings. The molecule has 0 aromatic rings. The first-order chi connectivity index (χ1) is 6.40. The summed E-state index contributed by atoms with van der Waals surface area (Å²) >= 11 is 5.76. The lowest BCUT2D eigenvalue weighted by Crippen LogP contribution is -2.49. The van der Waals surface area contributed by atoms with Gasteiger partial charge in [-0.25, -0.2) is 0 Å². The lowest BCUT2D eigenvalue weighted by molar-refractivity contribution is -0.130. The van der Waals surface area contributed by atoms with E-state index in [9.17, 15) is 4.79 Å². The van der Waals surface area contributed by atoms with Gasteiger partial charge in [0.15, 0.2) is 0 Å². The van der Waals surface area contributed by atoms with E-state index in [2.05, 4.69) is 12.2 Å². The number of rotatable bonds is 3. The van der Waals surface area contributed by atoms with Crippen LogP contribution in [0.1, 0.15) is 46.5 Å². The van der Waals surface area contributed by atoms with E-state index >= 15 is 0 Å². The van der Waals surface area contributed by atoms with Gasteiger partial charge in [-0.1, -0.05) is 12.8 Å². The normalized spacial score (nSPS) is 20.9. The van der Waals surface area contributed by atoms with Crippen molar-refractivity contribution in [3.05, 3.63) is 0 Å². The number of halogens is 1. The van der Waals surface area contributed by atoms with Crippen molar-refractivity contribution in [2.24, 2.45) is 5.41 Å². The summed E-state index contributed by atoms with van der Waals surface area (Å²) in [5.41, 5.74) is -0.437. The molecule has 1 fully saturated rings. The zero-order valence-electron chi connectivity index (χ0n) is 9.32. The minimum Gasteiger partial charge on any atom is -0.350 e. The van der Waals surface area contributed by atoms with Gasteiger partial charge in [0.2, 0.25) is 5.91 Å². The Balaban J connectivity index is 2.55. The van der Waals surface area contributed by atoms with E-state index < -0.39 is 5.41 Å². The van der Waals surface area contributed by atoms with Crippen LogP contribution in [-0.2, 0) is 4.79 Å². The average Bonchev–Trinajstić information content (AvgIpc) is 2.52. The molecular weight excluding hydrogens is 198 g/mol. The first-order valence-electron chi connectivity index (χ1n) is 5.28.